The van der Waals surface area contributed by atoms with Crippen molar-refractivity contribution in [3.05, 3.63) is 24.0 Å². The molecule has 1 fully saturated rings. The molecule has 0 bridgehead atoms. The van der Waals surface area contributed by atoms with Crippen molar-refractivity contribution in [1.82, 2.24) is 9.78 Å². The van der Waals surface area contributed by atoms with Gasteiger partial charge in [-0.15, -0.1) is 0 Å². The molecule has 110 valence electrons. The molecular formula is C14H13FN3O3-. The number of carboxylic acids is 1. The Morgan fingerprint density at radius 2 is 2.10 bits per heavy atom. The molecule has 0 saturated heterocycles. The summed E-state index contributed by atoms with van der Waals surface area (Å²) in [6.07, 6.45) is 0.912. The van der Waals surface area contributed by atoms with Gasteiger partial charge >= 0.3 is 0 Å². The van der Waals surface area contributed by atoms with Crippen LogP contribution < -0.4 is 10.4 Å². The number of benzene rings is 1. The Hall–Kier alpha value is -2.44. The maximum absolute atomic E-state index is 13.9. The van der Waals surface area contributed by atoms with Crippen LogP contribution in [0, 0.1) is 17.7 Å². The Morgan fingerprint density at radius 3 is 2.71 bits per heavy atom. The average Bonchev–Trinajstić information content (AvgIpc) is 2.65. The Kier molecular flexibility index (Phi) is 3.12. The van der Waals surface area contributed by atoms with Gasteiger partial charge in [0.1, 0.15) is 5.82 Å². The maximum Gasteiger partial charge on any atom is 0.229 e. The van der Waals surface area contributed by atoms with E-state index in [1.165, 1.54) is 10.7 Å². The van der Waals surface area contributed by atoms with Gasteiger partial charge in [0.25, 0.3) is 0 Å². The first kappa shape index (κ1) is 13.5. The van der Waals surface area contributed by atoms with Crippen molar-refractivity contribution >= 4 is 28.6 Å². The second-order valence-corrected chi connectivity index (χ2v) is 5.20. The number of anilines is 1. The maximum atomic E-state index is 13.9. The van der Waals surface area contributed by atoms with Crippen molar-refractivity contribution in [2.75, 3.05) is 5.32 Å². The van der Waals surface area contributed by atoms with Crippen LogP contribution in [0.5, 0.6) is 0 Å². The number of hydrogen-bond acceptors (Lipinski definition) is 4. The minimum absolute atomic E-state index is 0.111. The number of aryl methyl sites for hydroxylation is 1. The summed E-state index contributed by atoms with van der Waals surface area (Å²) in [4.78, 5) is 22.9. The van der Waals surface area contributed by atoms with E-state index in [4.69, 9.17) is 0 Å². The number of fused-ring (bicyclic) bond motifs is 1. The number of carbonyl (C=O) groups is 2. The van der Waals surface area contributed by atoms with Crippen molar-refractivity contribution in [3.63, 3.8) is 0 Å². The molecule has 1 saturated carbocycles. The summed E-state index contributed by atoms with van der Waals surface area (Å²) in [6.45, 7) is 0. The molecular weight excluding hydrogens is 277 g/mol. The topological polar surface area (TPSA) is 87.0 Å². The molecule has 1 amide bonds. The third kappa shape index (κ3) is 2.14. The number of aromatic nitrogens is 2. The number of hydrogen-bond donors (Lipinski definition) is 1. The molecule has 3 rings (SSSR count). The largest absolute Gasteiger partial charge is 0.550 e. The van der Waals surface area contributed by atoms with Gasteiger partial charge in [-0.1, -0.05) is 6.07 Å². The summed E-state index contributed by atoms with van der Waals surface area (Å²) in [5.74, 6) is -3.47. The highest BCUT2D eigenvalue weighted by Gasteiger charge is 2.37. The molecule has 1 aliphatic rings. The quantitative estimate of drug-likeness (QED) is 0.888. The number of carboxylic acid groups (broad SMARTS) is 1. The van der Waals surface area contributed by atoms with Crippen LogP contribution in [0.2, 0.25) is 0 Å². The van der Waals surface area contributed by atoms with Gasteiger partial charge in [0.2, 0.25) is 5.91 Å². The van der Waals surface area contributed by atoms with Gasteiger partial charge in [-0.25, -0.2) is 4.39 Å². The summed E-state index contributed by atoms with van der Waals surface area (Å²) in [7, 11) is 1.64. The second-order valence-electron chi connectivity index (χ2n) is 5.20. The van der Waals surface area contributed by atoms with E-state index in [0.29, 0.717) is 18.4 Å². The fourth-order valence-corrected chi connectivity index (χ4v) is 2.66. The average molecular weight is 290 g/mol. The van der Waals surface area contributed by atoms with Crippen molar-refractivity contribution in [3.8, 4) is 0 Å². The molecule has 1 aromatic heterocycles. The molecule has 0 unspecified atom stereocenters. The summed E-state index contributed by atoms with van der Waals surface area (Å²) in [5.41, 5.74) is 0.551. The summed E-state index contributed by atoms with van der Waals surface area (Å²) in [6, 6.07) is 4.53. The van der Waals surface area contributed by atoms with Gasteiger partial charge in [-0.05, 0) is 25.0 Å². The fourth-order valence-electron chi connectivity index (χ4n) is 2.66. The minimum Gasteiger partial charge on any atom is -0.550 e. The molecule has 1 heterocycles. The Balaban J connectivity index is 1.89. The van der Waals surface area contributed by atoms with E-state index >= 15 is 0 Å². The van der Waals surface area contributed by atoms with E-state index in [9.17, 15) is 19.1 Å². The number of rotatable bonds is 3. The molecule has 1 aromatic carbocycles. The normalized spacial score (nSPS) is 21.0. The van der Waals surface area contributed by atoms with E-state index in [2.05, 4.69) is 10.4 Å². The number of aliphatic carboxylic acids is 1. The number of nitrogens with one attached hydrogen (secondary N) is 1. The van der Waals surface area contributed by atoms with Gasteiger partial charge in [-0.2, -0.15) is 5.10 Å². The van der Waals surface area contributed by atoms with Crippen LogP contribution in [-0.2, 0) is 16.6 Å². The third-order valence-electron chi connectivity index (χ3n) is 3.98. The monoisotopic (exact) mass is 290 g/mol. The standard InChI is InChI=1S/C14H14FN3O3/c1-18-10-4-2-3-9(15)11(10)12(17-18)16-13(19)7-5-6-8(7)14(20)21/h2-4,7-8H,5-6H2,1H3,(H,20,21)(H,16,17,19)/p-1/t7-,8-/m0/s1. The third-order valence-corrected chi connectivity index (χ3v) is 3.98. The SMILES string of the molecule is Cn1nc(NC(=O)[C@H]2CC[C@@H]2C(=O)[O-])c2c(F)cccc21. The number of carbonyl (C=O) groups excluding carboxylic acids is 2. The predicted molar refractivity (Wildman–Crippen MR) is 70.5 cm³/mol. The smallest absolute Gasteiger partial charge is 0.229 e. The Labute approximate surface area is 119 Å². The van der Waals surface area contributed by atoms with Crippen molar-refractivity contribution in [2.45, 2.75) is 12.8 Å². The van der Waals surface area contributed by atoms with Crippen molar-refractivity contribution < 1.29 is 19.1 Å². The van der Waals surface area contributed by atoms with E-state index in [1.807, 2.05) is 0 Å². The van der Waals surface area contributed by atoms with Crippen molar-refractivity contribution in [1.29, 1.82) is 0 Å². The lowest BCUT2D eigenvalue weighted by atomic mass is 9.73. The molecule has 6 nitrogen and oxygen atoms in total. The van der Waals surface area contributed by atoms with Gasteiger partial charge in [-0.3, -0.25) is 9.48 Å². The Bertz CT molecular complexity index is 740. The van der Waals surface area contributed by atoms with E-state index in [0.717, 1.165) is 0 Å². The number of amides is 1. The first-order chi connectivity index (χ1) is 9.99. The molecule has 21 heavy (non-hydrogen) atoms. The molecule has 1 aliphatic carbocycles. The van der Waals surface area contributed by atoms with Crippen LogP contribution in [0.4, 0.5) is 10.2 Å². The van der Waals surface area contributed by atoms with Crippen LogP contribution in [-0.4, -0.2) is 21.7 Å². The minimum atomic E-state index is -1.22. The number of nitrogens with zero attached hydrogens (tertiary/aromatic N) is 2. The highest BCUT2D eigenvalue weighted by molar-refractivity contribution is 6.02. The van der Waals surface area contributed by atoms with Gasteiger partial charge in [0.05, 0.1) is 10.9 Å². The second kappa shape index (κ2) is 4.83. The molecule has 0 aliphatic heterocycles. The zero-order valence-corrected chi connectivity index (χ0v) is 11.3. The van der Waals surface area contributed by atoms with Crippen molar-refractivity contribution in [2.24, 2.45) is 18.9 Å². The van der Waals surface area contributed by atoms with Gasteiger partial charge in [0, 0.05) is 24.9 Å². The van der Waals surface area contributed by atoms with E-state index in [-0.39, 0.29) is 11.2 Å². The number of halogens is 1. The first-order valence-electron chi connectivity index (χ1n) is 6.62. The van der Waals surface area contributed by atoms with Crippen LogP contribution in [0.3, 0.4) is 0 Å². The lowest BCUT2D eigenvalue weighted by molar-refractivity contribution is -0.316. The molecule has 0 radical (unpaired) electrons. The fraction of sp³-hybridized carbons (Fsp3) is 0.357. The molecule has 2 aromatic rings. The Morgan fingerprint density at radius 1 is 1.38 bits per heavy atom. The van der Waals surface area contributed by atoms with Gasteiger partial charge in [0.15, 0.2) is 5.82 Å². The molecule has 1 N–H and O–H groups in total. The van der Waals surface area contributed by atoms with E-state index in [1.54, 1.807) is 19.2 Å². The molecule has 2 atom stereocenters. The first-order valence-corrected chi connectivity index (χ1v) is 6.62. The molecule has 0 spiro atoms. The summed E-state index contributed by atoms with van der Waals surface area (Å²) in [5, 5.41) is 17.7. The van der Waals surface area contributed by atoms with Crippen LogP contribution >= 0.6 is 0 Å². The zero-order valence-electron chi connectivity index (χ0n) is 11.3. The zero-order chi connectivity index (χ0) is 15.1. The van der Waals surface area contributed by atoms with Crippen LogP contribution in [0.25, 0.3) is 10.9 Å². The highest BCUT2D eigenvalue weighted by Crippen LogP contribution is 2.35. The summed E-state index contributed by atoms with van der Waals surface area (Å²) >= 11 is 0. The molecule has 7 heteroatoms. The lowest BCUT2D eigenvalue weighted by Gasteiger charge is -2.35. The summed E-state index contributed by atoms with van der Waals surface area (Å²) < 4.78 is 15.4. The van der Waals surface area contributed by atoms with Gasteiger partial charge < -0.3 is 15.2 Å². The van der Waals surface area contributed by atoms with Crippen LogP contribution in [0.15, 0.2) is 18.2 Å². The van der Waals surface area contributed by atoms with Crippen LogP contribution in [0.1, 0.15) is 12.8 Å². The predicted octanol–water partition coefficient (Wildman–Crippen LogP) is 0.427. The van der Waals surface area contributed by atoms with E-state index < -0.39 is 29.5 Å². The lowest BCUT2D eigenvalue weighted by Crippen LogP contribution is -2.46. The highest BCUT2D eigenvalue weighted by atomic mass is 19.1.